The minimum absolute atomic E-state index is 0.165. The van der Waals surface area contributed by atoms with Gasteiger partial charge in [0.25, 0.3) is 5.91 Å². The highest BCUT2D eigenvalue weighted by atomic mass is 35.5. The fourth-order valence-electron chi connectivity index (χ4n) is 4.32. The summed E-state index contributed by atoms with van der Waals surface area (Å²) in [6.45, 7) is 4.00. The highest BCUT2D eigenvalue weighted by Gasteiger charge is 2.34. The molecule has 1 aliphatic heterocycles. The highest BCUT2D eigenvalue weighted by molar-refractivity contribution is 6.35. The van der Waals surface area contributed by atoms with Crippen LogP contribution in [-0.2, 0) is 11.4 Å². The van der Waals surface area contributed by atoms with Crippen LogP contribution in [0.25, 0.3) is 0 Å². The Bertz CT molecular complexity index is 1510. The fourth-order valence-corrected chi connectivity index (χ4v) is 4.83. The Hall–Kier alpha value is -4.01. The van der Waals surface area contributed by atoms with Crippen molar-refractivity contribution < 1.29 is 14.3 Å². The van der Waals surface area contributed by atoms with Gasteiger partial charge in [0.2, 0.25) is 5.95 Å². The van der Waals surface area contributed by atoms with Gasteiger partial charge in [0.1, 0.15) is 19.0 Å². The van der Waals surface area contributed by atoms with Gasteiger partial charge < -0.3 is 20.1 Å². The number of fused-ring (bicyclic) bond motifs is 1. The molecule has 2 heterocycles. The van der Waals surface area contributed by atoms with Crippen molar-refractivity contribution in [3.63, 3.8) is 0 Å². The van der Waals surface area contributed by atoms with Crippen molar-refractivity contribution in [2.75, 3.05) is 17.7 Å². The van der Waals surface area contributed by atoms with Crippen molar-refractivity contribution in [3.05, 3.63) is 105 Å². The number of hydrogen-bond donors (Lipinski definition) is 2. The number of carbonyl (C=O) groups excluding carboxylic acids is 1. The van der Waals surface area contributed by atoms with Crippen LogP contribution in [0.2, 0.25) is 10.0 Å². The average molecular weight is 550 g/mol. The number of methoxy groups -OCH3 is 1. The van der Waals surface area contributed by atoms with Gasteiger partial charge in [0, 0.05) is 27.0 Å². The summed E-state index contributed by atoms with van der Waals surface area (Å²) in [6, 6.07) is 17.9. The third kappa shape index (κ3) is 5.05. The second-order valence-electron chi connectivity index (χ2n) is 8.81. The lowest BCUT2D eigenvalue weighted by atomic mass is 9.94. The molecule has 5 rings (SSSR count). The molecule has 0 saturated carbocycles. The van der Waals surface area contributed by atoms with Crippen LogP contribution < -0.4 is 20.1 Å². The van der Waals surface area contributed by atoms with Crippen LogP contribution in [0.15, 0.2) is 78.3 Å². The van der Waals surface area contributed by atoms with Crippen LogP contribution in [0.5, 0.6) is 11.5 Å². The number of nitrogens with zero attached hydrogens (tertiary/aromatic N) is 3. The Morgan fingerprint density at radius 2 is 1.79 bits per heavy atom. The molecule has 1 aromatic heterocycles. The van der Waals surface area contributed by atoms with E-state index in [1.807, 2.05) is 50.2 Å². The first-order valence-electron chi connectivity index (χ1n) is 11.8. The highest BCUT2D eigenvalue weighted by Crippen LogP contribution is 2.39. The van der Waals surface area contributed by atoms with Gasteiger partial charge in [-0.15, -0.1) is 0 Å². The van der Waals surface area contributed by atoms with Crippen LogP contribution >= 0.6 is 23.2 Å². The summed E-state index contributed by atoms with van der Waals surface area (Å²) in [5.41, 5.74) is 4.43. The van der Waals surface area contributed by atoms with Crippen LogP contribution in [0.4, 0.5) is 11.6 Å². The zero-order chi connectivity index (χ0) is 26.8. The minimum Gasteiger partial charge on any atom is -0.493 e. The van der Waals surface area contributed by atoms with Gasteiger partial charge in [-0.2, -0.15) is 10.1 Å². The molecule has 1 amide bonds. The molecule has 0 saturated heterocycles. The number of aromatic nitrogens is 3. The number of rotatable bonds is 7. The van der Waals surface area contributed by atoms with E-state index >= 15 is 0 Å². The average Bonchev–Trinajstić information content (AvgIpc) is 3.37. The molecule has 1 unspecified atom stereocenters. The van der Waals surface area contributed by atoms with E-state index in [2.05, 4.69) is 20.7 Å². The Morgan fingerprint density at radius 3 is 2.50 bits per heavy atom. The number of halogens is 2. The maximum absolute atomic E-state index is 13.6. The molecule has 194 valence electrons. The SMILES string of the molecule is COc1cc(C2C(C(=O)Nc3ccc(C)cc3)=C(C)Nc3ncnn32)ccc1OCc1c(Cl)cccc1Cl. The van der Waals surface area contributed by atoms with E-state index in [-0.39, 0.29) is 12.5 Å². The van der Waals surface area contributed by atoms with Crippen LogP contribution in [-0.4, -0.2) is 27.8 Å². The summed E-state index contributed by atoms with van der Waals surface area (Å²) >= 11 is 12.6. The van der Waals surface area contributed by atoms with Gasteiger partial charge in [-0.1, -0.05) is 53.0 Å². The van der Waals surface area contributed by atoms with Crippen molar-refractivity contribution in [1.82, 2.24) is 14.8 Å². The largest absolute Gasteiger partial charge is 0.493 e. The molecular weight excluding hydrogens is 525 g/mol. The molecule has 0 fully saturated rings. The van der Waals surface area contributed by atoms with Crippen LogP contribution in [0.1, 0.15) is 29.7 Å². The molecule has 38 heavy (non-hydrogen) atoms. The Kier molecular flexibility index (Phi) is 7.26. The van der Waals surface area contributed by atoms with Crippen molar-refractivity contribution in [2.45, 2.75) is 26.5 Å². The normalized spacial score (nSPS) is 14.5. The predicted molar refractivity (Wildman–Crippen MR) is 148 cm³/mol. The van der Waals surface area contributed by atoms with E-state index in [0.717, 1.165) is 11.1 Å². The molecule has 0 radical (unpaired) electrons. The maximum atomic E-state index is 13.6. The minimum atomic E-state index is -0.555. The number of benzene rings is 3. The molecule has 3 aromatic carbocycles. The van der Waals surface area contributed by atoms with Gasteiger partial charge in [-0.05, 0) is 55.8 Å². The first-order valence-corrected chi connectivity index (χ1v) is 12.6. The number of anilines is 2. The molecule has 1 aliphatic rings. The summed E-state index contributed by atoms with van der Waals surface area (Å²) in [7, 11) is 1.56. The summed E-state index contributed by atoms with van der Waals surface area (Å²) in [6.07, 6.45) is 1.45. The molecule has 8 nitrogen and oxygen atoms in total. The molecule has 0 aliphatic carbocycles. The summed E-state index contributed by atoms with van der Waals surface area (Å²) in [5, 5.41) is 11.6. The van der Waals surface area contributed by atoms with E-state index in [1.165, 1.54) is 6.33 Å². The lowest BCUT2D eigenvalue weighted by Gasteiger charge is -2.29. The summed E-state index contributed by atoms with van der Waals surface area (Å²) in [5.74, 6) is 1.28. The molecule has 0 spiro atoms. The van der Waals surface area contributed by atoms with E-state index in [1.54, 1.807) is 36.1 Å². The molecule has 10 heteroatoms. The van der Waals surface area contributed by atoms with E-state index in [9.17, 15) is 4.79 Å². The number of carbonyl (C=O) groups is 1. The smallest absolute Gasteiger partial charge is 0.255 e. The lowest BCUT2D eigenvalue weighted by molar-refractivity contribution is -0.113. The number of ether oxygens (including phenoxy) is 2. The van der Waals surface area contributed by atoms with Gasteiger partial charge >= 0.3 is 0 Å². The van der Waals surface area contributed by atoms with E-state index in [4.69, 9.17) is 32.7 Å². The first-order chi connectivity index (χ1) is 18.4. The van der Waals surface area contributed by atoms with Crippen LogP contribution in [0, 0.1) is 6.92 Å². The first kappa shape index (κ1) is 25.6. The third-order valence-electron chi connectivity index (χ3n) is 6.29. The second-order valence-corrected chi connectivity index (χ2v) is 9.63. The number of aryl methyl sites for hydroxylation is 1. The Labute approximate surface area is 230 Å². The van der Waals surface area contributed by atoms with Gasteiger partial charge in [0.15, 0.2) is 11.5 Å². The zero-order valence-corrected chi connectivity index (χ0v) is 22.5. The Balaban J connectivity index is 1.48. The van der Waals surface area contributed by atoms with Gasteiger partial charge in [0.05, 0.1) is 12.7 Å². The van der Waals surface area contributed by atoms with Crippen LogP contribution in [0.3, 0.4) is 0 Å². The van der Waals surface area contributed by atoms with Crippen molar-refractivity contribution in [1.29, 1.82) is 0 Å². The van der Waals surface area contributed by atoms with E-state index in [0.29, 0.717) is 50.0 Å². The van der Waals surface area contributed by atoms with Crippen molar-refractivity contribution in [2.24, 2.45) is 0 Å². The predicted octanol–water partition coefficient (Wildman–Crippen LogP) is 6.41. The lowest BCUT2D eigenvalue weighted by Crippen LogP contribution is -2.31. The van der Waals surface area contributed by atoms with Gasteiger partial charge in [-0.25, -0.2) is 4.68 Å². The monoisotopic (exact) mass is 549 g/mol. The number of amides is 1. The fraction of sp³-hybridized carbons (Fsp3) is 0.179. The van der Waals surface area contributed by atoms with Crippen molar-refractivity contribution >= 4 is 40.7 Å². The van der Waals surface area contributed by atoms with Crippen molar-refractivity contribution in [3.8, 4) is 11.5 Å². The molecule has 2 N–H and O–H groups in total. The zero-order valence-electron chi connectivity index (χ0n) is 21.0. The summed E-state index contributed by atoms with van der Waals surface area (Å²) in [4.78, 5) is 17.9. The molecule has 0 bridgehead atoms. The standard InChI is InChI=1S/C28H25Cl2N5O3/c1-16-7-10-19(11-8-16)34-27(36)25-17(2)33-28-31-15-32-35(28)26(25)18-9-12-23(24(13-18)37-3)38-14-20-21(29)5-4-6-22(20)30/h4-13,15,26H,14H2,1-3H3,(H,34,36)(H,31,32,33). The maximum Gasteiger partial charge on any atom is 0.255 e. The topological polar surface area (TPSA) is 90.3 Å². The molecular formula is C28H25Cl2N5O3. The second kappa shape index (κ2) is 10.8. The van der Waals surface area contributed by atoms with E-state index < -0.39 is 6.04 Å². The molecule has 4 aromatic rings. The Morgan fingerprint density at radius 1 is 1.05 bits per heavy atom. The van der Waals surface area contributed by atoms with Gasteiger partial charge in [-0.3, -0.25) is 4.79 Å². The number of allylic oxidation sites excluding steroid dienone is 1. The quantitative estimate of drug-likeness (QED) is 0.277. The number of hydrogen-bond acceptors (Lipinski definition) is 6. The molecule has 1 atom stereocenters. The number of nitrogens with one attached hydrogen (secondary N) is 2. The third-order valence-corrected chi connectivity index (χ3v) is 6.99. The summed E-state index contributed by atoms with van der Waals surface area (Å²) < 4.78 is 13.4.